The van der Waals surface area contributed by atoms with E-state index in [0.29, 0.717) is 6.04 Å². The fraction of sp³-hybridized carbons (Fsp3) is 0.786. The van der Waals surface area contributed by atoms with Crippen molar-refractivity contribution in [3.05, 3.63) is 17.5 Å². The van der Waals surface area contributed by atoms with Crippen LogP contribution in [-0.4, -0.2) is 40.9 Å². The molecule has 0 aromatic carbocycles. The Morgan fingerprint density at radius 3 is 2.89 bits per heavy atom. The highest BCUT2D eigenvalue weighted by atomic mass is 15.3. The average molecular weight is 250 g/mol. The summed E-state index contributed by atoms with van der Waals surface area (Å²) >= 11 is 0. The molecule has 1 aromatic rings. The lowest BCUT2D eigenvalue weighted by molar-refractivity contribution is 0.178. The highest BCUT2D eigenvalue weighted by Crippen LogP contribution is 2.19. The van der Waals surface area contributed by atoms with Crippen molar-refractivity contribution in [1.82, 2.24) is 20.0 Å². The SMILES string of the molecule is Cc1nn(C)cc1CNC(C)C1CCCN(C)C1. The predicted molar refractivity (Wildman–Crippen MR) is 74.5 cm³/mol. The van der Waals surface area contributed by atoms with Crippen LogP contribution in [0.5, 0.6) is 0 Å². The standard InChI is InChI=1S/C14H26N4/c1-11(13-6-5-7-17(3)9-13)15-8-14-10-18(4)16-12(14)2/h10-11,13,15H,5-9H2,1-4H3. The summed E-state index contributed by atoms with van der Waals surface area (Å²) in [5, 5.41) is 8.05. The molecular weight excluding hydrogens is 224 g/mol. The monoisotopic (exact) mass is 250 g/mol. The summed E-state index contributed by atoms with van der Waals surface area (Å²) in [6, 6.07) is 0.576. The molecule has 0 aliphatic carbocycles. The van der Waals surface area contributed by atoms with Gasteiger partial charge in [-0.05, 0) is 46.2 Å². The van der Waals surface area contributed by atoms with Gasteiger partial charge in [-0.15, -0.1) is 0 Å². The lowest BCUT2D eigenvalue weighted by atomic mass is 9.92. The highest BCUT2D eigenvalue weighted by Gasteiger charge is 2.22. The molecule has 2 atom stereocenters. The summed E-state index contributed by atoms with van der Waals surface area (Å²) in [4.78, 5) is 2.45. The Bertz CT molecular complexity index is 385. The van der Waals surface area contributed by atoms with E-state index in [-0.39, 0.29) is 0 Å². The molecule has 2 unspecified atom stereocenters. The Hall–Kier alpha value is -0.870. The smallest absolute Gasteiger partial charge is 0.0638 e. The average Bonchev–Trinajstić information content (AvgIpc) is 2.65. The summed E-state index contributed by atoms with van der Waals surface area (Å²) in [5.74, 6) is 0.778. The van der Waals surface area contributed by atoms with Crippen LogP contribution in [0.25, 0.3) is 0 Å². The highest BCUT2D eigenvalue weighted by molar-refractivity contribution is 5.14. The van der Waals surface area contributed by atoms with Crippen LogP contribution in [0.2, 0.25) is 0 Å². The van der Waals surface area contributed by atoms with Crippen LogP contribution >= 0.6 is 0 Å². The first kappa shape index (κ1) is 13.6. The van der Waals surface area contributed by atoms with Gasteiger partial charge in [0.25, 0.3) is 0 Å². The molecule has 1 aromatic heterocycles. The van der Waals surface area contributed by atoms with E-state index in [9.17, 15) is 0 Å². The van der Waals surface area contributed by atoms with Gasteiger partial charge < -0.3 is 10.2 Å². The topological polar surface area (TPSA) is 33.1 Å². The second kappa shape index (κ2) is 5.85. The van der Waals surface area contributed by atoms with Crippen molar-refractivity contribution < 1.29 is 0 Å². The van der Waals surface area contributed by atoms with Crippen molar-refractivity contribution in [2.75, 3.05) is 20.1 Å². The van der Waals surface area contributed by atoms with Gasteiger partial charge in [0.1, 0.15) is 0 Å². The molecule has 0 saturated carbocycles. The fourth-order valence-corrected chi connectivity index (χ4v) is 2.87. The number of likely N-dealkylation sites (tertiary alicyclic amines) is 1. The first-order valence-electron chi connectivity index (χ1n) is 6.97. The van der Waals surface area contributed by atoms with Crippen LogP contribution in [0.15, 0.2) is 6.20 Å². The second-order valence-electron chi connectivity index (χ2n) is 5.75. The number of rotatable bonds is 4. The molecule has 0 radical (unpaired) electrons. The minimum absolute atomic E-state index is 0.576. The summed E-state index contributed by atoms with van der Waals surface area (Å²) < 4.78 is 1.89. The lowest BCUT2D eigenvalue weighted by Crippen LogP contribution is -2.42. The van der Waals surface area contributed by atoms with Gasteiger partial charge in [-0.1, -0.05) is 0 Å². The van der Waals surface area contributed by atoms with Crippen LogP contribution < -0.4 is 5.32 Å². The third-order valence-corrected chi connectivity index (χ3v) is 4.10. The molecule has 1 aliphatic rings. The van der Waals surface area contributed by atoms with E-state index >= 15 is 0 Å². The fourth-order valence-electron chi connectivity index (χ4n) is 2.87. The lowest BCUT2D eigenvalue weighted by Gasteiger charge is -2.34. The second-order valence-corrected chi connectivity index (χ2v) is 5.75. The summed E-state index contributed by atoms with van der Waals surface area (Å²) in [6.07, 6.45) is 4.80. The number of piperidine rings is 1. The summed E-state index contributed by atoms with van der Waals surface area (Å²) in [7, 11) is 4.21. The van der Waals surface area contributed by atoms with Gasteiger partial charge >= 0.3 is 0 Å². The zero-order valence-electron chi connectivity index (χ0n) is 12.1. The molecule has 0 amide bonds. The Morgan fingerprint density at radius 2 is 2.28 bits per heavy atom. The molecule has 4 heteroatoms. The molecule has 102 valence electrons. The number of aryl methyl sites for hydroxylation is 2. The summed E-state index contributed by atoms with van der Waals surface area (Å²) in [5.41, 5.74) is 2.45. The van der Waals surface area contributed by atoms with Crippen LogP contribution in [0, 0.1) is 12.8 Å². The zero-order chi connectivity index (χ0) is 13.1. The molecule has 18 heavy (non-hydrogen) atoms. The molecule has 2 heterocycles. The normalized spacial score (nSPS) is 23.2. The Kier molecular flexibility index (Phi) is 4.40. The van der Waals surface area contributed by atoms with Crippen molar-refractivity contribution >= 4 is 0 Å². The quantitative estimate of drug-likeness (QED) is 0.880. The van der Waals surface area contributed by atoms with E-state index < -0.39 is 0 Å². The molecule has 0 bridgehead atoms. The molecule has 1 saturated heterocycles. The van der Waals surface area contributed by atoms with E-state index in [0.717, 1.165) is 18.2 Å². The Morgan fingerprint density at radius 1 is 1.50 bits per heavy atom. The number of nitrogens with one attached hydrogen (secondary N) is 1. The first-order valence-corrected chi connectivity index (χ1v) is 6.97. The third kappa shape index (κ3) is 3.33. The van der Waals surface area contributed by atoms with Gasteiger partial charge in [0, 0.05) is 37.9 Å². The van der Waals surface area contributed by atoms with Crippen molar-refractivity contribution in [3.8, 4) is 0 Å². The van der Waals surface area contributed by atoms with Crippen LogP contribution in [0.4, 0.5) is 0 Å². The largest absolute Gasteiger partial charge is 0.310 e. The van der Waals surface area contributed by atoms with Crippen LogP contribution in [0.3, 0.4) is 0 Å². The van der Waals surface area contributed by atoms with Gasteiger partial charge in [0.05, 0.1) is 5.69 Å². The van der Waals surface area contributed by atoms with Gasteiger partial charge in [-0.25, -0.2) is 0 Å². The van der Waals surface area contributed by atoms with Crippen molar-refractivity contribution in [3.63, 3.8) is 0 Å². The van der Waals surface area contributed by atoms with Crippen LogP contribution in [0.1, 0.15) is 31.0 Å². The first-order chi connectivity index (χ1) is 8.56. The number of aromatic nitrogens is 2. The number of nitrogens with zero attached hydrogens (tertiary/aromatic N) is 3. The van der Waals surface area contributed by atoms with Crippen molar-refractivity contribution in [2.45, 2.75) is 39.3 Å². The number of hydrogen-bond donors (Lipinski definition) is 1. The van der Waals surface area contributed by atoms with Gasteiger partial charge in [-0.3, -0.25) is 4.68 Å². The molecule has 4 nitrogen and oxygen atoms in total. The molecule has 1 fully saturated rings. The molecule has 1 N–H and O–H groups in total. The van der Waals surface area contributed by atoms with Gasteiger partial charge in [-0.2, -0.15) is 5.10 Å². The van der Waals surface area contributed by atoms with Gasteiger partial charge in [0.15, 0.2) is 0 Å². The van der Waals surface area contributed by atoms with E-state index in [4.69, 9.17) is 0 Å². The molecule has 2 rings (SSSR count). The van der Waals surface area contributed by atoms with E-state index in [1.165, 1.54) is 31.5 Å². The third-order valence-electron chi connectivity index (χ3n) is 4.10. The Balaban J connectivity index is 1.84. The van der Waals surface area contributed by atoms with Crippen molar-refractivity contribution in [2.24, 2.45) is 13.0 Å². The Labute approximate surface area is 110 Å². The summed E-state index contributed by atoms with van der Waals surface area (Å²) in [6.45, 7) is 7.80. The molecular formula is C14H26N4. The minimum atomic E-state index is 0.576. The van der Waals surface area contributed by atoms with Crippen LogP contribution in [-0.2, 0) is 13.6 Å². The maximum atomic E-state index is 4.38. The van der Waals surface area contributed by atoms with Crippen molar-refractivity contribution in [1.29, 1.82) is 0 Å². The maximum absolute atomic E-state index is 4.38. The van der Waals surface area contributed by atoms with E-state index in [1.54, 1.807) is 0 Å². The minimum Gasteiger partial charge on any atom is -0.310 e. The van der Waals surface area contributed by atoms with E-state index in [1.807, 2.05) is 11.7 Å². The molecule has 0 spiro atoms. The predicted octanol–water partition coefficient (Wildman–Crippen LogP) is 1.55. The maximum Gasteiger partial charge on any atom is 0.0638 e. The number of hydrogen-bond acceptors (Lipinski definition) is 3. The van der Waals surface area contributed by atoms with E-state index in [2.05, 4.69) is 42.4 Å². The molecule has 1 aliphatic heterocycles. The zero-order valence-corrected chi connectivity index (χ0v) is 12.1. The van der Waals surface area contributed by atoms with Gasteiger partial charge in [0.2, 0.25) is 0 Å².